The fourth-order valence-corrected chi connectivity index (χ4v) is 2.76. The highest BCUT2D eigenvalue weighted by Crippen LogP contribution is 2.17. The minimum Gasteiger partial charge on any atom is -0.465 e. The van der Waals surface area contributed by atoms with Gasteiger partial charge in [0.2, 0.25) is 10.9 Å². The van der Waals surface area contributed by atoms with Gasteiger partial charge in [0, 0.05) is 23.7 Å². The van der Waals surface area contributed by atoms with E-state index in [9.17, 15) is 17.6 Å². The number of rotatable bonds is 6. The molecule has 0 saturated heterocycles. The van der Waals surface area contributed by atoms with Gasteiger partial charge in [-0.1, -0.05) is 29.8 Å². The van der Waals surface area contributed by atoms with Crippen LogP contribution in [0.2, 0.25) is 5.02 Å². The van der Waals surface area contributed by atoms with E-state index in [-0.39, 0.29) is 24.2 Å². The van der Waals surface area contributed by atoms with E-state index in [2.05, 4.69) is 4.74 Å². The third-order valence-corrected chi connectivity index (χ3v) is 4.33. The van der Waals surface area contributed by atoms with Gasteiger partial charge >= 0.3 is 5.97 Å². The summed E-state index contributed by atoms with van der Waals surface area (Å²) < 4.78 is 42.6. The van der Waals surface area contributed by atoms with Gasteiger partial charge in [0.05, 0.1) is 12.7 Å². The van der Waals surface area contributed by atoms with Crippen molar-refractivity contribution >= 4 is 28.5 Å². The summed E-state index contributed by atoms with van der Waals surface area (Å²) in [4.78, 5) is 11.4. The van der Waals surface area contributed by atoms with Crippen LogP contribution >= 0.6 is 11.6 Å². The molecule has 5 nitrogen and oxygen atoms in total. The van der Waals surface area contributed by atoms with Crippen molar-refractivity contribution in [2.75, 3.05) is 7.11 Å². The quantitative estimate of drug-likeness (QED) is 0.626. The molecule has 2 aromatic carbocycles. The van der Waals surface area contributed by atoms with Gasteiger partial charge in [0.25, 0.3) is 0 Å². The van der Waals surface area contributed by atoms with E-state index in [0.717, 1.165) is 15.9 Å². The molecule has 2 rings (SSSR count). The zero-order valence-corrected chi connectivity index (χ0v) is 14.4. The molecule has 0 fully saturated rings. The average Bonchev–Trinajstić information content (AvgIpc) is 2.56. The van der Waals surface area contributed by atoms with Crippen molar-refractivity contribution in [3.8, 4) is 0 Å². The fourth-order valence-electron chi connectivity index (χ4n) is 2.09. The molecule has 0 saturated carbocycles. The number of benzene rings is 2. The van der Waals surface area contributed by atoms with Crippen LogP contribution in [0.1, 0.15) is 21.5 Å². The van der Waals surface area contributed by atoms with Gasteiger partial charge in [-0.25, -0.2) is 17.6 Å². The Morgan fingerprint density at radius 2 is 1.83 bits per heavy atom. The molecule has 0 aliphatic rings. The summed E-state index contributed by atoms with van der Waals surface area (Å²) >= 11 is 5.79. The fraction of sp³-hybridized carbons (Fsp3) is 0.188. The molecule has 8 heteroatoms. The molecule has 0 spiro atoms. The highest BCUT2D eigenvalue weighted by molar-refractivity contribution is 7.69. The summed E-state index contributed by atoms with van der Waals surface area (Å²) in [5.41, 5.74) is 0.954. The number of hydrogen-bond acceptors (Lipinski definition) is 4. The Labute approximate surface area is 145 Å². The summed E-state index contributed by atoms with van der Waals surface area (Å²) in [5.74, 6) is -1.33. The molecule has 0 aliphatic carbocycles. The Kier molecular flexibility index (Phi) is 6.30. The smallest absolute Gasteiger partial charge is 0.337 e. The number of hydrogen-bond donors (Lipinski definition) is 1. The number of carbonyl (C=O) groups excluding carboxylic acids is 1. The first-order chi connectivity index (χ1) is 11.4. The molecule has 0 heterocycles. The number of thiol groups is 1. The Balaban J connectivity index is 2.18. The standard InChI is InChI=1S/C16H15ClFNO4S/c1-23-16(20)12-4-5-13(15(18)8-12)10-19(24(21)22)9-11-2-6-14(17)7-3-11/h2-8,24H,9-10H2,1H3. The van der Waals surface area contributed by atoms with Gasteiger partial charge in [0.1, 0.15) is 5.82 Å². The zero-order chi connectivity index (χ0) is 17.7. The van der Waals surface area contributed by atoms with E-state index in [1.165, 1.54) is 19.2 Å². The van der Waals surface area contributed by atoms with Crippen molar-refractivity contribution in [3.63, 3.8) is 0 Å². The van der Waals surface area contributed by atoms with E-state index in [1.807, 2.05) is 0 Å². The Morgan fingerprint density at radius 3 is 2.38 bits per heavy atom. The van der Waals surface area contributed by atoms with Gasteiger partial charge < -0.3 is 4.74 Å². The van der Waals surface area contributed by atoms with Gasteiger partial charge in [-0.2, -0.15) is 4.31 Å². The SMILES string of the molecule is COC(=O)c1ccc(CN(Cc2ccc(Cl)cc2)[SH](=O)=O)c(F)c1. The van der Waals surface area contributed by atoms with Gasteiger partial charge in [0.15, 0.2) is 0 Å². The van der Waals surface area contributed by atoms with Crippen LogP contribution in [0.5, 0.6) is 0 Å². The molecule has 128 valence electrons. The third-order valence-electron chi connectivity index (χ3n) is 3.34. The molecule has 0 aliphatic heterocycles. The molecule has 2 aromatic rings. The number of esters is 1. The number of ether oxygens (including phenoxy) is 1. The lowest BCUT2D eigenvalue weighted by Gasteiger charge is -2.16. The lowest BCUT2D eigenvalue weighted by molar-refractivity contribution is 0.0600. The minimum atomic E-state index is -2.91. The van der Waals surface area contributed by atoms with Crippen molar-refractivity contribution < 1.29 is 22.3 Å². The highest BCUT2D eigenvalue weighted by Gasteiger charge is 2.15. The van der Waals surface area contributed by atoms with Crippen LogP contribution < -0.4 is 0 Å². The van der Waals surface area contributed by atoms with Crippen LogP contribution in [0, 0.1) is 5.82 Å². The number of nitrogens with zero attached hydrogens (tertiary/aromatic N) is 1. The van der Waals surface area contributed by atoms with E-state index in [4.69, 9.17) is 11.6 Å². The van der Waals surface area contributed by atoms with Crippen molar-refractivity contribution in [2.24, 2.45) is 0 Å². The molecular formula is C16H15ClFNO4S. The van der Waals surface area contributed by atoms with Crippen molar-refractivity contribution in [2.45, 2.75) is 13.1 Å². The Morgan fingerprint density at radius 1 is 1.17 bits per heavy atom. The van der Waals surface area contributed by atoms with Gasteiger partial charge in [-0.05, 0) is 29.8 Å². The first-order valence-corrected chi connectivity index (χ1v) is 8.42. The molecule has 0 radical (unpaired) electrons. The Bertz CT molecular complexity index is 800. The first kappa shape index (κ1) is 18.4. The van der Waals surface area contributed by atoms with Crippen LogP contribution in [-0.4, -0.2) is 25.8 Å². The first-order valence-electron chi connectivity index (χ1n) is 6.91. The summed E-state index contributed by atoms with van der Waals surface area (Å²) in [6.45, 7) is -0.0529. The van der Waals surface area contributed by atoms with Crippen molar-refractivity contribution in [3.05, 3.63) is 70.0 Å². The van der Waals surface area contributed by atoms with E-state index >= 15 is 0 Å². The Hall–Kier alpha value is -1.96. The van der Waals surface area contributed by atoms with Crippen LogP contribution in [0.4, 0.5) is 4.39 Å². The molecule has 0 amide bonds. The lowest BCUT2D eigenvalue weighted by atomic mass is 10.1. The van der Waals surface area contributed by atoms with Crippen LogP contribution in [0.25, 0.3) is 0 Å². The average molecular weight is 372 g/mol. The highest BCUT2D eigenvalue weighted by atomic mass is 35.5. The lowest BCUT2D eigenvalue weighted by Crippen LogP contribution is -2.21. The number of halogens is 2. The maximum Gasteiger partial charge on any atom is 0.337 e. The summed E-state index contributed by atoms with van der Waals surface area (Å²) in [6.07, 6.45) is 0. The van der Waals surface area contributed by atoms with E-state index < -0.39 is 22.7 Å². The predicted octanol–water partition coefficient (Wildman–Crippen LogP) is 2.79. The molecule has 0 aromatic heterocycles. The van der Waals surface area contributed by atoms with Gasteiger partial charge in [-0.3, -0.25) is 0 Å². The van der Waals surface area contributed by atoms with E-state index in [0.29, 0.717) is 5.02 Å². The van der Waals surface area contributed by atoms with E-state index in [1.54, 1.807) is 24.3 Å². The largest absolute Gasteiger partial charge is 0.465 e. The molecule has 0 bridgehead atoms. The molecule has 0 N–H and O–H groups in total. The second kappa shape index (κ2) is 8.23. The monoisotopic (exact) mass is 371 g/mol. The second-order valence-corrected chi connectivity index (χ2v) is 6.46. The van der Waals surface area contributed by atoms with Crippen LogP contribution in [0.3, 0.4) is 0 Å². The van der Waals surface area contributed by atoms with Crippen molar-refractivity contribution in [1.29, 1.82) is 0 Å². The number of methoxy groups -OCH3 is 1. The molecule has 24 heavy (non-hydrogen) atoms. The maximum atomic E-state index is 14.1. The topological polar surface area (TPSA) is 63.7 Å². The second-order valence-electron chi connectivity index (χ2n) is 4.98. The normalized spacial score (nSPS) is 11.0. The zero-order valence-electron chi connectivity index (χ0n) is 12.7. The summed E-state index contributed by atoms with van der Waals surface area (Å²) in [6, 6.07) is 10.5. The molecule has 0 unspecified atom stereocenters. The predicted molar refractivity (Wildman–Crippen MR) is 88.8 cm³/mol. The number of carbonyl (C=O) groups is 1. The van der Waals surface area contributed by atoms with Gasteiger partial charge in [-0.15, -0.1) is 0 Å². The summed E-state index contributed by atoms with van der Waals surface area (Å²) in [7, 11) is -1.71. The summed E-state index contributed by atoms with van der Waals surface area (Å²) in [5, 5.41) is 0.543. The molecular weight excluding hydrogens is 357 g/mol. The minimum absolute atomic E-state index is 0.0644. The van der Waals surface area contributed by atoms with Crippen molar-refractivity contribution in [1.82, 2.24) is 4.31 Å². The molecule has 0 atom stereocenters. The van der Waals surface area contributed by atoms with Crippen LogP contribution in [0.15, 0.2) is 42.5 Å². The van der Waals surface area contributed by atoms with Crippen LogP contribution in [-0.2, 0) is 28.7 Å². The third kappa shape index (κ3) is 4.77. The maximum absolute atomic E-state index is 14.1.